The Morgan fingerprint density at radius 2 is 2.06 bits per heavy atom. The lowest BCUT2D eigenvalue weighted by Gasteiger charge is -1.98. The standard InChI is InChI=1S/C15H19N2/c1-3-9-16-10-11-17(13-16)12-15-7-5-14(4-2)6-8-15/h4-8,10-11,13H,2-3,9,12H2,1H3/q+1. The minimum atomic E-state index is 0.925. The topological polar surface area (TPSA) is 8.81 Å². The van der Waals surface area contributed by atoms with Crippen molar-refractivity contribution < 1.29 is 4.57 Å². The van der Waals surface area contributed by atoms with E-state index in [0.717, 1.165) is 13.1 Å². The number of imidazole rings is 1. The number of hydrogen-bond acceptors (Lipinski definition) is 0. The Hall–Kier alpha value is -1.83. The van der Waals surface area contributed by atoms with Crippen LogP contribution >= 0.6 is 0 Å². The van der Waals surface area contributed by atoms with Gasteiger partial charge in [0.05, 0.1) is 6.54 Å². The Bertz CT molecular complexity index is 480. The van der Waals surface area contributed by atoms with Crippen LogP contribution in [-0.4, -0.2) is 4.57 Å². The van der Waals surface area contributed by atoms with Gasteiger partial charge >= 0.3 is 0 Å². The number of aryl methyl sites for hydroxylation is 1. The van der Waals surface area contributed by atoms with Gasteiger partial charge in [0.2, 0.25) is 6.33 Å². The molecule has 1 aromatic heterocycles. The molecular formula is C15H19N2+. The van der Waals surface area contributed by atoms with E-state index in [-0.39, 0.29) is 0 Å². The summed E-state index contributed by atoms with van der Waals surface area (Å²) in [5.74, 6) is 0. The van der Waals surface area contributed by atoms with Gasteiger partial charge in [0.1, 0.15) is 18.9 Å². The smallest absolute Gasteiger partial charge is 0.237 e. The van der Waals surface area contributed by atoms with Crippen LogP contribution in [0, 0.1) is 0 Å². The van der Waals surface area contributed by atoms with E-state index in [0.29, 0.717) is 0 Å². The molecule has 1 aromatic carbocycles. The van der Waals surface area contributed by atoms with Crippen LogP contribution in [0.3, 0.4) is 0 Å². The van der Waals surface area contributed by atoms with Gasteiger partial charge < -0.3 is 0 Å². The molecule has 0 N–H and O–H groups in total. The van der Waals surface area contributed by atoms with Crippen LogP contribution in [0.1, 0.15) is 24.5 Å². The monoisotopic (exact) mass is 227 g/mol. The molecule has 0 spiro atoms. The Morgan fingerprint density at radius 1 is 1.29 bits per heavy atom. The van der Waals surface area contributed by atoms with Crippen LogP contribution in [0.5, 0.6) is 0 Å². The highest BCUT2D eigenvalue weighted by Gasteiger charge is 2.03. The third kappa shape index (κ3) is 3.06. The summed E-state index contributed by atoms with van der Waals surface area (Å²) in [5, 5.41) is 0. The molecule has 0 aliphatic rings. The fraction of sp³-hybridized carbons (Fsp3) is 0.267. The third-order valence-corrected chi connectivity index (χ3v) is 2.81. The Labute approximate surface area is 103 Å². The van der Waals surface area contributed by atoms with Crippen molar-refractivity contribution in [3.05, 3.63) is 60.7 Å². The van der Waals surface area contributed by atoms with Crippen molar-refractivity contribution >= 4 is 6.08 Å². The lowest BCUT2D eigenvalue weighted by atomic mass is 10.1. The molecule has 0 amide bonds. The molecule has 0 bridgehead atoms. The van der Waals surface area contributed by atoms with Gasteiger partial charge in [0.25, 0.3) is 0 Å². The van der Waals surface area contributed by atoms with Crippen molar-refractivity contribution in [2.75, 3.05) is 0 Å². The zero-order valence-electron chi connectivity index (χ0n) is 10.3. The number of nitrogens with zero attached hydrogens (tertiary/aromatic N) is 2. The molecule has 0 aliphatic heterocycles. The largest absolute Gasteiger partial charge is 0.244 e. The molecule has 2 heteroatoms. The van der Waals surface area contributed by atoms with E-state index in [4.69, 9.17) is 0 Å². The van der Waals surface area contributed by atoms with E-state index in [1.165, 1.54) is 17.5 Å². The molecule has 0 atom stereocenters. The molecular weight excluding hydrogens is 208 g/mol. The quantitative estimate of drug-likeness (QED) is 0.695. The Kier molecular flexibility index (Phi) is 3.76. The highest BCUT2D eigenvalue weighted by atomic mass is 15.1. The first kappa shape index (κ1) is 11.6. The summed E-state index contributed by atoms with van der Waals surface area (Å²) in [6, 6.07) is 8.51. The van der Waals surface area contributed by atoms with Crippen LogP contribution in [0.4, 0.5) is 0 Å². The summed E-state index contributed by atoms with van der Waals surface area (Å²) < 4.78 is 4.43. The second-order valence-corrected chi connectivity index (χ2v) is 4.27. The molecule has 0 saturated heterocycles. The molecule has 0 unspecified atom stereocenters. The van der Waals surface area contributed by atoms with Gasteiger partial charge in [0, 0.05) is 0 Å². The highest BCUT2D eigenvalue weighted by Crippen LogP contribution is 2.05. The zero-order valence-corrected chi connectivity index (χ0v) is 10.3. The van der Waals surface area contributed by atoms with E-state index in [9.17, 15) is 0 Å². The summed E-state index contributed by atoms with van der Waals surface area (Å²) >= 11 is 0. The van der Waals surface area contributed by atoms with E-state index in [2.05, 4.69) is 65.6 Å². The van der Waals surface area contributed by atoms with Crippen molar-refractivity contribution in [1.82, 2.24) is 4.57 Å². The lowest BCUT2D eigenvalue weighted by Crippen LogP contribution is -2.31. The van der Waals surface area contributed by atoms with Crippen LogP contribution < -0.4 is 4.57 Å². The maximum absolute atomic E-state index is 3.76. The molecule has 0 fully saturated rings. The van der Waals surface area contributed by atoms with Gasteiger partial charge in [-0.3, -0.25) is 0 Å². The highest BCUT2D eigenvalue weighted by molar-refractivity contribution is 5.47. The molecule has 88 valence electrons. The maximum Gasteiger partial charge on any atom is 0.244 e. The number of aromatic nitrogens is 2. The first-order valence-corrected chi connectivity index (χ1v) is 6.08. The molecule has 0 aliphatic carbocycles. The molecule has 2 nitrogen and oxygen atoms in total. The van der Waals surface area contributed by atoms with E-state index in [1.54, 1.807) is 0 Å². The predicted octanol–water partition coefficient (Wildman–Crippen LogP) is 2.88. The van der Waals surface area contributed by atoms with Crippen LogP contribution in [0.2, 0.25) is 0 Å². The van der Waals surface area contributed by atoms with Gasteiger partial charge in [-0.2, -0.15) is 0 Å². The molecule has 2 rings (SSSR count). The van der Waals surface area contributed by atoms with Crippen LogP contribution in [-0.2, 0) is 13.1 Å². The maximum atomic E-state index is 3.76. The summed E-state index contributed by atoms with van der Waals surface area (Å²) in [4.78, 5) is 0. The molecule has 2 aromatic rings. The summed E-state index contributed by atoms with van der Waals surface area (Å²) in [7, 11) is 0. The van der Waals surface area contributed by atoms with Crippen molar-refractivity contribution in [2.45, 2.75) is 26.4 Å². The zero-order chi connectivity index (χ0) is 12.1. The number of benzene rings is 1. The van der Waals surface area contributed by atoms with E-state index >= 15 is 0 Å². The van der Waals surface area contributed by atoms with Crippen molar-refractivity contribution in [3.8, 4) is 0 Å². The average Bonchev–Trinajstić information content (AvgIpc) is 2.78. The van der Waals surface area contributed by atoms with Crippen molar-refractivity contribution in [3.63, 3.8) is 0 Å². The predicted molar refractivity (Wildman–Crippen MR) is 70.6 cm³/mol. The van der Waals surface area contributed by atoms with Gasteiger partial charge in [-0.1, -0.05) is 43.8 Å². The summed E-state index contributed by atoms with van der Waals surface area (Å²) in [6.45, 7) is 7.96. The van der Waals surface area contributed by atoms with Crippen molar-refractivity contribution in [1.29, 1.82) is 0 Å². The summed E-state index contributed by atoms with van der Waals surface area (Å²) in [6.07, 6.45) is 9.45. The molecule has 17 heavy (non-hydrogen) atoms. The Morgan fingerprint density at radius 3 is 2.71 bits per heavy atom. The molecule has 0 radical (unpaired) electrons. The fourth-order valence-corrected chi connectivity index (χ4v) is 1.89. The molecule has 0 saturated carbocycles. The third-order valence-electron chi connectivity index (χ3n) is 2.81. The fourth-order valence-electron chi connectivity index (χ4n) is 1.89. The lowest BCUT2D eigenvalue weighted by molar-refractivity contribution is -0.687. The van der Waals surface area contributed by atoms with Gasteiger partial charge in [-0.15, -0.1) is 0 Å². The second kappa shape index (κ2) is 5.48. The average molecular weight is 227 g/mol. The van der Waals surface area contributed by atoms with Gasteiger partial charge in [-0.25, -0.2) is 9.13 Å². The second-order valence-electron chi connectivity index (χ2n) is 4.27. The minimum Gasteiger partial charge on any atom is -0.237 e. The van der Waals surface area contributed by atoms with Gasteiger partial charge in [0.15, 0.2) is 0 Å². The summed E-state index contributed by atoms with van der Waals surface area (Å²) in [5.41, 5.74) is 2.48. The van der Waals surface area contributed by atoms with Crippen molar-refractivity contribution in [2.24, 2.45) is 0 Å². The number of rotatable bonds is 5. The minimum absolute atomic E-state index is 0.925. The normalized spacial score (nSPS) is 10.4. The first-order valence-electron chi connectivity index (χ1n) is 6.08. The number of hydrogen-bond donors (Lipinski definition) is 0. The van der Waals surface area contributed by atoms with E-state index < -0.39 is 0 Å². The van der Waals surface area contributed by atoms with E-state index in [1.807, 2.05) is 6.08 Å². The van der Waals surface area contributed by atoms with Crippen LogP contribution in [0.15, 0.2) is 49.6 Å². The molecule has 1 heterocycles. The first-order chi connectivity index (χ1) is 8.31. The van der Waals surface area contributed by atoms with Gasteiger partial charge in [-0.05, 0) is 17.5 Å². The Balaban J connectivity index is 2.05. The van der Waals surface area contributed by atoms with Crippen LogP contribution in [0.25, 0.3) is 6.08 Å². The SMILES string of the molecule is C=Cc1ccc(C[n+]2ccn(CCC)c2)cc1.